The van der Waals surface area contributed by atoms with E-state index >= 15 is 0 Å². The van der Waals surface area contributed by atoms with Crippen molar-refractivity contribution in [1.29, 1.82) is 0 Å². The van der Waals surface area contributed by atoms with Crippen LogP contribution >= 0.6 is 0 Å². The third-order valence-corrected chi connectivity index (χ3v) is 2.03. The smallest absolute Gasteiger partial charge is 0.191 e. The number of nitrogens with zero attached hydrogens (tertiary/aromatic N) is 3. The van der Waals surface area contributed by atoms with Crippen LogP contribution in [0.15, 0.2) is 29.5 Å². The molecule has 0 aliphatic heterocycles. The van der Waals surface area contributed by atoms with Crippen molar-refractivity contribution < 1.29 is 0 Å². The summed E-state index contributed by atoms with van der Waals surface area (Å²) >= 11 is 0. The van der Waals surface area contributed by atoms with Gasteiger partial charge in [0.2, 0.25) is 0 Å². The molecule has 0 saturated carbocycles. The zero-order valence-corrected chi connectivity index (χ0v) is 9.35. The lowest BCUT2D eigenvalue weighted by atomic mass is 10.3. The molecule has 0 aliphatic rings. The van der Waals surface area contributed by atoms with E-state index in [1.165, 1.54) is 0 Å². The average Bonchev–Trinajstić information content (AvgIpc) is 2.27. The highest BCUT2D eigenvalue weighted by Gasteiger charge is 2.01. The molecule has 82 valence electrons. The van der Waals surface area contributed by atoms with Crippen LogP contribution in [0, 0.1) is 0 Å². The van der Waals surface area contributed by atoms with Crippen LogP contribution in [0.25, 0.3) is 0 Å². The molecule has 2 N–H and O–H groups in total. The third-order valence-electron chi connectivity index (χ3n) is 2.03. The van der Waals surface area contributed by atoms with E-state index in [0.29, 0.717) is 5.96 Å². The summed E-state index contributed by atoms with van der Waals surface area (Å²) < 4.78 is 0. The van der Waals surface area contributed by atoms with Crippen molar-refractivity contribution in [3.8, 4) is 0 Å². The maximum atomic E-state index is 5.81. The fourth-order valence-corrected chi connectivity index (χ4v) is 1.19. The molecule has 0 bridgehead atoms. The largest absolute Gasteiger partial charge is 0.370 e. The fourth-order valence-electron chi connectivity index (χ4n) is 1.19. The summed E-state index contributed by atoms with van der Waals surface area (Å²) in [6, 6.07) is 3.94. The molecule has 0 amide bonds. The summed E-state index contributed by atoms with van der Waals surface area (Å²) in [5, 5.41) is 0. The summed E-state index contributed by atoms with van der Waals surface area (Å²) in [7, 11) is 1.93. The number of pyridine rings is 1. The lowest BCUT2D eigenvalue weighted by Crippen LogP contribution is -2.33. The number of hydrogen-bond donors (Lipinski definition) is 1. The van der Waals surface area contributed by atoms with Gasteiger partial charge in [0.15, 0.2) is 5.96 Å². The predicted octanol–water partition coefficient (Wildman–Crippen LogP) is 1.24. The van der Waals surface area contributed by atoms with E-state index in [2.05, 4.69) is 16.9 Å². The molecule has 0 radical (unpaired) electrons. The van der Waals surface area contributed by atoms with Gasteiger partial charge in [0, 0.05) is 32.5 Å². The van der Waals surface area contributed by atoms with Gasteiger partial charge in [-0.2, -0.15) is 0 Å². The van der Waals surface area contributed by atoms with E-state index in [4.69, 9.17) is 5.73 Å². The van der Waals surface area contributed by atoms with E-state index in [1.54, 1.807) is 6.20 Å². The van der Waals surface area contributed by atoms with Crippen LogP contribution in [0.4, 0.5) is 0 Å². The Morgan fingerprint density at radius 2 is 2.40 bits per heavy atom. The van der Waals surface area contributed by atoms with E-state index < -0.39 is 0 Å². The monoisotopic (exact) mass is 206 g/mol. The molecule has 0 unspecified atom stereocenters. The van der Waals surface area contributed by atoms with Crippen molar-refractivity contribution in [2.24, 2.45) is 10.7 Å². The Labute approximate surface area is 90.8 Å². The highest BCUT2D eigenvalue weighted by Crippen LogP contribution is 2.00. The van der Waals surface area contributed by atoms with E-state index in [0.717, 1.165) is 25.1 Å². The predicted molar refractivity (Wildman–Crippen MR) is 62.5 cm³/mol. The highest BCUT2D eigenvalue weighted by molar-refractivity contribution is 5.77. The van der Waals surface area contributed by atoms with Crippen LogP contribution in [0.1, 0.15) is 18.9 Å². The summed E-state index contributed by atoms with van der Waals surface area (Å²) in [6.45, 7) is 3.61. The summed E-state index contributed by atoms with van der Waals surface area (Å²) in [4.78, 5) is 10.2. The van der Waals surface area contributed by atoms with Gasteiger partial charge in [-0.05, 0) is 18.1 Å². The van der Waals surface area contributed by atoms with E-state index in [1.807, 2.05) is 30.3 Å². The van der Waals surface area contributed by atoms with Crippen LogP contribution in [0.3, 0.4) is 0 Å². The molecule has 0 aliphatic carbocycles. The van der Waals surface area contributed by atoms with Crippen molar-refractivity contribution >= 4 is 5.96 Å². The maximum Gasteiger partial charge on any atom is 0.191 e. The Hall–Kier alpha value is -1.58. The van der Waals surface area contributed by atoms with Crippen molar-refractivity contribution in [3.05, 3.63) is 30.1 Å². The molecular formula is C11H18N4. The first kappa shape index (κ1) is 11.5. The topological polar surface area (TPSA) is 54.5 Å². The van der Waals surface area contributed by atoms with Gasteiger partial charge >= 0.3 is 0 Å². The molecule has 1 aromatic heterocycles. The number of guanidine groups is 1. The average molecular weight is 206 g/mol. The van der Waals surface area contributed by atoms with Gasteiger partial charge in [0.25, 0.3) is 0 Å². The van der Waals surface area contributed by atoms with E-state index in [9.17, 15) is 0 Å². The number of nitrogens with two attached hydrogens (primary N) is 1. The molecule has 1 aromatic rings. The van der Waals surface area contributed by atoms with Gasteiger partial charge in [-0.25, -0.2) is 0 Å². The first-order valence-corrected chi connectivity index (χ1v) is 5.14. The molecule has 1 rings (SSSR count). The molecule has 0 atom stereocenters. The second-order valence-electron chi connectivity index (χ2n) is 3.46. The number of rotatable bonds is 4. The summed E-state index contributed by atoms with van der Waals surface area (Å²) in [5.74, 6) is 0.584. The van der Waals surface area contributed by atoms with Gasteiger partial charge in [0.1, 0.15) is 0 Å². The standard InChI is InChI=1S/C11H18N4/c1-3-6-14-11(12)15(2)9-10-5-4-7-13-8-10/h4-5,7-8H,3,6,9H2,1-2H3,(H2,12,14). The lowest BCUT2D eigenvalue weighted by Gasteiger charge is -2.17. The Bertz CT molecular complexity index is 308. The minimum absolute atomic E-state index is 0.584. The van der Waals surface area contributed by atoms with Gasteiger partial charge in [-0.3, -0.25) is 9.98 Å². The van der Waals surface area contributed by atoms with Crippen LogP contribution in [-0.4, -0.2) is 29.4 Å². The minimum atomic E-state index is 0.584. The molecule has 0 aromatic carbocycles. The Morgan fingerprint density at radius 3 is 3.00 bits per heavy atom. The second kappa shape index (κ2) is 6.01. The van der Waals surface area contributed by atoms with Crippen molar-refractivity contribution in [1.82, 2.24) is 9.88 Å². The lowest BCUT2D eigenvalue weighted by molar-refractivity contribution is 0.491. The van der Waals surface area contributed by atoms with Crippen LogP contribution in [0.2, 0.25) is 0 Å². The third kappa shape index (κ3) is 3.97. The first-order valence-electron chi connectivity index (χ1n) is 5.14. The summed E-state index contributed by atoms with van der Waals surface area (Å²) in [5.41, 5.74) is 6.94. The quantitative estimate of drug-likeness (QED) is 0.595. The molecule has 0 saturated heterocycles. The number of aliphatic imine (C=N–C) groups is 1. The molecular weight excluding hydrogens is 188 g/mol. The first-order chi connectivity index (χ1) is 7.24. The minimum Gasteiger partial charge on any atom is -0.370 e. The van der Waals surface area contributed by atoms with E-state index in [-0.39, 0.29) is 0 Å². The Kier molecular flexibility index (Phi) is 4.60. The van der Waals surface area contributed by atoms with Crippen molar-refractivity contribution in [2.45, 2.75) is 19.9 Å². The van der Waals surface area contributed by atoms with Crippen LogP contribution in [-0.2, 0) is 6.54 Å². The number of aromatic nitrogens is 1. The van der Waals surface area contributed by atoms with Gasteiger partial charge in [-0.15, -0.1) is 0 Å². The molecule has 4 nitrogen and oxygen atoms in total. The van der Waals surface area contributed by atoms with Gasteiger partial charge in [-0.1, -0.05) is 13.0 Å². The molecule has 0 spiro atoms. The van der Waals surface area contributed by atoms with Crippen molar-refractivity contribution in [3.63, 3.8) is 0 Å². The maximum absolute atomic E-state index is 5.81. The fraction of sp³-hybridized carbons (Fsp3) is 0.455. The molecule has 4 heteroatoms. The normalized spacial score (nSPS) is 11.5. The zero-order valence-electron chi connectivity index (χ0n) is 9.35. The van der Waals surface area contributed by atoms with Crippen molar-refractivity contribution in [2.75, 3.05) is 13.6 Å². The Morgan fingerprint density at radius 1 is 1.60 bits per heavy atom. The van der Waals surface area contributed by atoms with Gasteiger partial charge < -0.3 is 10.6 Å². The molecule has 15 heavy (non-hydrogen) atoms. The number of hydrogen-bond acceptors (Lipinski definition) is 2. The zero-order chi connectivity index (χ0) is 11.1. The van der Waals surface area contributed by atoms with Gasteiger partial charge in [0.05, 0.1) is 0 Å². The molecule has 0 fully saturated rings. The highest BCUT2D eigenvalue weighted by atomic mass is 15.2. The molecule has 1 heterocycles. The SMILES string of the molecule is CCCN=C(N)N(C)Cc1cccnc1. The second-order valence-corrected chi connectivity index (χ2v) is 3.46. The van der Waals surface area contributed by atoms with Crippen LogP contribution < -0.4 is 5.73 Å². The summed E-state index contributed by atoms with van der Waals surface area (Å²) in [6.07, 6.45) is 4.61. The Balaban J connectivity index is 2.52. The van der Waals surface area contributed by atoms with Crippen LogP contribution in [0.5, 0.6) is 0 Å².